The minimum absolute atomic E-state index is 0.0702. The van der Waals surface area contributed by atoms with Crippen LogP contribution >= 0.6 is 15.9 Å². The van der Waals surface area contributed by atoms with Crippen molar-refractivity contribution >= 4 is 27.9 Å². The maximum absolute atomic E-state index is 11.7. The number of aryl methyl sites for hydroxylation is 2. The van der Waals surface area contributed by atoms with Crippen LogP contribution in [0.15, 0.2) is 77.3 Å². The molecule has 0 aliphatic heterocycles. The summed E-state index contributed by atoms with van der Waals surface area (Å²) in [7, 11) is 0. The summed E-state index contributed by atoms with van der Waals surface area (Å²) in [5.41, 5.74) is 5.06. The molecule has 4 rings (SSSR count). The van der Waals surface area contributed by atoms with Gasteiger partial charge in [0.05, 0.1) is 23.6 Å². The first-order chi connectivity index (χ1) is 18.4. The first-order valence-corrected chi connectivity index (χ1v) is 13.3. The number of carboxylic acid groups (broad SMARTS) is 2. The smallest absolute Gasteiger partial charge is 0.335 e. The number of aromatic carboxylic acids is 1. The van der Waals surface area contributed by atoms with Crippen LogP contribution in [0.25, 0.3) is 22.5 Å². The highest BCUT2D eigenvalue weighted by Crippen LogP contribution is 2.38. The van der Waals surface area contributed by atoms with E-state index < -0.39 is 11.9 Å². The van der Waals surface area contributed by atoms with E-state index in [0.29, 0.717) is 30.2 Å². The molecule has 196 valence electrons. The van der Waals surface area contributed by atoms with Gasteiger partial charge >= 0.3 is 11.9 Å². The third-order valence-corrected chi connectivity index (χ3v) is 6.69. The van der Waals surface area contributed by atoms with Gasteiger partial charge in [0.25, 0.3) is 0 Å². The predicted octanol–water partition coefficient (Wildman–Crippen LogP) is 6.73. The van der Waals surface area contributed by atoms with Crippen molar-refractivity contribution < 1.29 is 24.5 Å². The van der Waals surface area contributed by atoms with E-state index in [2.05, 4.69) is 28.1 Å². The lowest BCUT2D eigenvalue weighted by Crippen LogP contribution is -2.06. The van der Waals surface area contributed by atoms with Gasteiger partial charge in [-0.3, -0.25) is 9.48 Å². The number of aromatic nitrogens is 2. The second kappa shape index (κ2) is 12.6. The Balaban J connectivity index is 1.91. The van der Waals surface area contributed by atoms with E-state index in [-0.39, 0.29) is 18.4 Å². The average Bonchev–Trinajstić information content (AvgIpc) is 3.28. The summed E-state index contributed by atoms with van der Waals surface area (Å²) in [4.78, 5) is 23.3. The van der Waals surface area contributed by atoms with E-state index in [1.807, 2.05) is 54.1 Å². The molecule has 1 aromatic heterocycles. The highest BCUT2D eigenvalue weighted by atomic mass is 79.9. The number of hydrogen-bond acceptors (Lipinski definition) is 4. The molecule has 7 nitrogen and oxygen atoms in total. The van der Waals surface area contributed by atoms with Gasteiger partial charge in [-0.25, -0.2) is 4.79 Å². The Kier molecular flexibility index (Phi) is 8.97. The number of aliphatic carboxylic acids is 1. The number of nitrogens with zero attached hydrogens (tertiary/aromatic N) is 2. The Morgan fingerprint density at radius 1 is 0.974 bits per heavy atom. The third kappa shape index (κ3) is 6.50. The summed E-state index contributed by atoms with van der Waals surface area (Å²) >= 11 is 3.50. The molecular formula is C30H29BrN2O5. The molecule has 0 unspecified atom stereocenters. The van der Waals surface area contributed by atoms with Crippen LogP contribution in [-0.2, 0) is 24.2 Å². The summed E-state index contributed by atoms with van der Waals surface area (Å²) < 4.78 is 8.84. The second-order valence-corrected chi connectivity index (χ2v) is 9.82. The first kappa shape index (κ1) is 27.1. The van der Waals surface area contributed by atoms with Gasteiger partial charge in [-0.2, -0.15) is 5.10 Å². The molecule has 38 heavy (non-hydrogen) atoms. The molecule has 0 amide bonds. The average molecular weight is 577 g/mol. The highest BCUT2D eigenvalue weighted by molar-refractivity contribution is 9.10. The molecule has 0 bridgehead atoms. The molecule has 0 aliphatic rings. The van der Waals surface area contributed by atoms with Crippen LogP contribution in [-0.4, -0.2) is 38.5 Å². The van der Waals surface area contributed by atoms with Crippen molar-refractivity contribution in [3.05, 3.63) is 94.0 Å². The molecule has 8 heteroatoms. The summed E-state index contributed by atoms with van der Waals surface area (Å²) in [5, 5.41) is 24.1. The van der Waals surface area contributed by atoms with E-state index in [9.17, 15) is 19.8 Å². The SMILES string of the molecule is CCCOc1cc(C(=O)O)ccc1-c1nn(CCc2ccccc2)c(-c2ccc(Br)cc2)c1CCC(=O)O. The van der Waals surface area contributed by atoms with Gasteiger partial charge in [-0.05, 0) is 55.2 Å². The standard InChI is InChI=1S/C30H29BrN2O5/c1-2-18-38-26-19-22(30(36)37)10-13-24(26)28-25(14-15-27(34)35)29(21-8-11-23(31)12-9-21)33(32-28)17-16-20-6-4-3-5-7-20/h3-13,19H,2,14-18H2,1H3,(H,34,35)(H,36,37). The van der Waals surface area contributed by atoms with Gasteiger partial charge in [-0.1, -0.05) is 65.3 Å². The van der Waals surface area contributed by atoms with E-state index in [1.54, 1.807) is 6.07 Å². The van der Waals surface area contributed by atoms with E-state index >= 15 is 0 Å². The number of ether oxygens (including phenoxy) is 1. The molecule has 0 fully saturated rings. The molecular weight excluding hydrogens is 548 g/mol. The van der Waals surface area contributed by atoms with Crippen molar-refractivity contribution in [2.45, 2.75) is 39.2 Å². The van der Waals surface area contributed by atoms with Crippen LogP contribution in [0.1, 0.15) is 41.3 Å². The van der Waals surface area contributed by atoms with Crippen molar-refractivity contribution in [3.63, 3.8) is 0 Å². The zero-order valence-corrected chi connectivity index (χ0v) is 22.6. The summed E-state index contributed by atoms with van der Waals surface area (Å²) in [6.45, 7) is 2.96. The number of halogens is 1. The van der Waals surface area contributed by atoms with Gasteiger partial charge in [0.1, 0.15) is 5.75 Å². The molecule has 4 aromatic rings. The number of carboxylic acids is 2. The number of benzene rings is 3. The van der Waals surface area contributed by atoms with Crippen LogP contribution in [0.3, 0.4) is 0 Å². The van der Waals surface area contributed by atoms with Crippen LogP contribution < -0.4 is 4.74 Å². The summed E-state index contributed by atoms with van der Waals surface area (Å²) in [5.74, 6) is -1.54. The van der Waals surface area contributed by atoms with Crippen molar-refractivity contribution in [1.82, 2.24) is 9.78 Å². The van der Waals surface area contributed by atoms with Gasteiger partial charge in [0, 0.05) is 34.1 Å². The fourth-order valence-electron chi connectivity index (χ4n) is 4.34. The monoisotopic (exact) mass is 576 g/mol. The van der Waals surface area contributed by atoms with E-state index in [1.165, 1.54) is 12.1 Å². The van der Waals surface area contributed by atoms with Crippen molar-refractivity contribution in [3.8, 4) is 28.3 Å². The Bertz CT molecular complexity index is 1410. The van der Waals surface area contributed by atoms with Gasteiger partial charge in [0.2, 0.25) is 0 Å². The molecule has 0 aliphatic carbocycles. The molecule has 0 atom stereocenters. The largest absolute Gasteiger partial charge is 0.493 e. The maximum atomic E-state index is 11.7. The minimum Gasteiger partial charge on any atom is -0.493 e. The quantitative estimate of drug-likeness (QED) is 0.194. The van der Waals surface area contributed by atoms with Crippen LogP contribution in [0.2, 0.25) is 0 Å². The lowest BCUT2D eigenvalue weighted by atomic mass is 9.97. The zero-order valence-electron chi connectivity index (χ0n) is 21.1. The van der Waals surface area contributed by atoms with Gasteiger partial charge < -0.3 is 14.9 Å². The van der Waals surface area contributed by atoms with E-state index in [4.69, 9.17) is 9.84 Å². The van der Waals surface area contributed by atoms with Crippen molar-refractivity contribution in [2.24, 2.45) is 0 Å². The molecule has 0 saturated heterocycles. The Hall–Kier alpha value is -3.91. The second-order valence-electron chi connectivity index (χ2n) is 8.90. The maximum Gasteiger partial charge on any atom is 0.335 e. The fraction of sp³-hybridized carbons (Fsp3) is 0.233. The zero-order chi connectivity index (χ0) is 27.1. The predicted molar refractivity (Wildman–Crippen MR) is 150 cm³/mol. The molecule has 0 radical (unpaired) electrons. The third-order valence-electron chi connectivity index (χ3n) is 6.16. The Morgan fingerprint density at radius 3 is 2.37 bits per heavy atom. The van der Waals surface area contributed by atoms with Crippen molar-refractivity contribution in [2.75, 3.05) is 6.61 Å². The Morgan fingerprint density at radius 2 is 1.71 bits per heavy atom. The lowest BCUT2D eigenvalue weighted by Gasteiger charge is -2.12. The van der Waals surface area contributed by atoms with Gasteiger partial charge in [-0.15, -0.1) is 0 Å². The highest BCUT2D eigenvalue weighted by Gasteiger charge is 2.24. The number of carbonyl (C=O) groups is 2. The van der Waals surface area contributed by atoms with Crippen LogP contribution in [0.4, 0.5) is 0 Å². The first-order valence-electron chi connectivity index (χ1n) is 12.5. The molecule has 2 N–H and O–H groups in total. The Labute approximate surface area is 229 Å². The normalized spacial score (nSPS) is 10.9. The van der Waals surface area contributed by atoms with Gasteiger partial charge in [0.15, 0.2) is 0 Å². The number of rotatable bonds is 12. The number of hydrogen-bond donors (Lipinski definition) is 2. The fourth-order valence-corrected chi connectivity index (χ4v) is 4.60. The molecule has 1 heterocycles. The molecule has 0 spiro atoms. The minimum atomic E-state index is -1.05. The van der Waals surface area contributed by atoms with Crippen LogP contribution in [0, 0.1) is 0 Å². The topological polar surface area (TPSA) is 102 Å². The summed E-state index contributed by atoms with van der Waals surface area (Å²) in [6, 6.07) is 22.7. The van der Waals surface area contributed by atoms with Crippen molar-refractivity contribution in [1.29, 1.82) is 0 Å². The molecule has 0 saturated carbocycles. The lowest BCUT2D eigenvalue weighted by molar-refractivity contribution is -0.136. The molecule has 3 aromatic carbocycles. The van der Waals surface area contributed by atoms with E-state index in [0.717, 1.165) is 39.7 Å². The summed E-state index contributed by atoms with van der Waals surface area (Å²) in [6.07, 6.45) is 1.67. The van der Waals surface area contributed by atoms with Crippen LogP contribution in [0.5, 0.6) is 5.75 Å².